The maximum Gasteiger partial charge on any atom is 0.268 e. The van der Waals surface area contributed by atoms with E-state index in [9.17, 15) is 21.6 Å². The lowest BCUT2D eigenvalue weighted by Gasteiger charge is -2.13. The zero-order chi connectivity index (χ0) is 22.2. The van der Waals surface area contributed by atoms with Crippen molar-refractivity contribution < 1.29 is 21.6 Å². The lowest BCUT2D eigenvalue weighted by Crippen LogP contribution is -2.27. The van der Waals surface area contributed by atoms with E-state index in [2.05, 4.69) is 10.0 Å². The molecule has 31 heavy (non-hydrogen) atoms. The van der Waals surface area contributed by atoms with Crippen molar-refractivity contribution in [3.8, 4) is 0 Å². The summed E-state index contributed by atoms with van der Waals surface area (Å²) in [6.45, 7) is 1.19. The van der Waals surface area contributed by atoms with E-state index >= 15 is 0 Å². The number of carbonyl (C=O) groups excluding carboxylic acids is 1. The SMILES string of the molecule is Cn1cc(S(=O)(=O)N2CCCC2)cc1C(=O)NCc1ccc(S(=O)(=O)NC2CC2)cc1. The smallest absolute Gasteiger partial charge is 0.268 e. The third-order valence-corrected chi connectivity index (χ3v) is 8.90. The fraction of sp³-hybridized carbons (Fsp3) is 0.450. The van der Waals surface area contributed by atoms with Crippen LogP contribution in [0.4, 0.5) is 0 Å². The van der Waals surface area contributed by atoms with Crippen LogP contribution in [0, 0.1) is 0 Å². The number of aromatic nitrogens is 1. The Morgan fingerprint density at radius 3 is 2.29 bits per heavy atom. The van der Waals surface area contributed by atoms with Gasteiger partial charge >= 0.3 is 0 Å². The van der Waals surface area contributed by atoms with Crippen molar-refractivity contribution in [2.24, 2.45) is 7.05 Å². The number of sulfonamides is 2. The second kappa shape index (κ2) is 8.38. The maximum absolute atomic E-state index is 12.7. The Kier molecular flexibility index (Phi) is 5.95. The molecular weight excluding hydrogens is 440 g/mol. The molecule has 1 aromatic heterocycles. The summed E-state index contributed by atoms with van der Waals surface area (Å²) in [6, 6.07) is 7.74. The van der Waals surface area contributed by atoms with E-state index in [1.165, 1.54) is 33.3 Å². The van der Waals surface area contributed by atoms with Gasteiger partial charge in [-0.15, -0.1) is 0 Å². The highest BCUT2D eigenvalue weighted by molar-refractivity contribution is 7.89. The van der Waals surface area contributed by atoms with Crippen LogP contribution >= 0.6 is 0 Å². The number of amides is 1. The van der Waals surface area contributed by atoms with E-state index in [0.717, 1.165) is 31.2 Å². The van der Waals surface area contributed by atoms with Crippen LogP contribution in [0.15, 0.2) is 46.3 Å². The number of aryl methyl sites for hydroxylation is 1. The highest BCUT2D eigenvalue weighted by Gasteiger charge is 2.30. The molecule has 1 amide bonds. The lowest BCUT2D eigenvalue weighted by atomic mass is 10.2. The maximum atomic E-state index is 12.7. The lowest BCUT2D eigenvalue weighted by molar-refractivity contribution is 0.0942. The van der Waals surface area contributed by atoms with Crippen LogP contribution in [0.5, 0.6) is 0 Å². The summed E-state index contributed by atoms with van der Waals surface area (Å²) in [5.74, 6) is -0.405. The average molecular weight is 467 g/mol. The fourth-order valence-corrected chi connectivity index (χ4v) is 6.42. The monoisotopic (exact) mass is 466 g/mol. The molecule has 2 fully saturated rings. The molecule has 4 rings (SSSR count). The van der Waals surface area contributed by atoms with E-state index in [0.29, 0.717) is 13.1 Å². The van der Waals surface area contributed by atoms with E-state index in [-0.39, 0.29) is 28.1 Å². The van der Waals surface area contributed by atoms with Gasteiger partial charge in [-0.1, -0.05) is 12.1 Å². The standard InChI is InChI=1S/C20H26N4O5S2/c1-23-14-18(31(28,29)24-10-2-3-11-24)12-19(23)20(25)21-13-15-4-8-17(9-5-15)30(26,27)22-16-6-7-16/h4-5,8-9,12,14,16,22H,2-3,6-7,10-11,13H2,1H3,(H,21,25). The number of rotatable bonds is 8. The number of hydrogen-bond acceptors (Lipinski definition) is 5. The first-order valence-electron chi connectivity index (χ1n) is 10.2. The Balaban J connectivity index is 1.40. The van der Waals surface area contributed by atoms with Gasteiger partial charge in [0.1, 0.15) is 10.6 Å². The van der Waals surface area contributed by atoms with Crippen LogP contribution in [0.1, 0.15) is 41.7 Å². The van der Waals surface area contributed by atoms with Gasteiger partial charge in [-0.3, -0.25) is 4.79 Å². The summed E-state index contributed by atoms with van der Waals surface area (Å²) in [5, 5.41) is 2.76. The summed E-state index contributed by atoms with van der Waals surface area (Å²) in [6.07, 6.45) is 4.87. The first-order chi connectivity index (χ1) is 14.7. The highest BCUT2D eigenvalue weighted by Crippen LogP contribution is 2.23. The van der Waals surface area contributed by atoms with Crippen molar-refractivity contribution in [2.75, 3.05) is 13.1 Å². The molecule has 1 aliphatic carbocycles. The molecule has 1 saturated heterocycles. The van der Waals surface area contributed by atoms with Crippen LogP contribution in [0.25, 0.3) is 0 Å². The van der Waals surface area contributed by atoms with Gasteiger partial charge in [0.25, 0.3) is 5.91 Å². The quantitative estimate of drug-likeness (QED) is 0.606. The number of nitrogens with one attached hydrogen (secondary N) is 2. The molecule has 2 aromatic rings. The highest BCUT2D eigenvalue weighted by atomic mass is 32.2. The molecule has 0 spiro atoms. The molecule has 168 valence electrons. The van der Waals surface area contributed by atoms with Crippen molar-refractivity contribution in [1.82, 2.24) is 18.9 Å². The van der Waals surface area contributed by atoms with Gasteiger partial charge < -0.3 is 9.88 Å². The molecule has 11 heteroatoms. The molecular formula is C20H26N4O5S2. The Labute approximate surface area is 182 Å². The predicted molar refractivity (Wildman–Crippen MR) is 114 cm³/mol. The number of benzene rings is 1. The normalized spacial score (nSPS) is 17.7. The van der Waals surface area contributed by atoms with Crippen molar-refractivity contribution in [3.63, 3.8) is 0 Å². The third kappa shape index (κ3) is 4.84. The van der Waals surface area contributed by atoms with Gasteiger partial charge in [0.15, 0.2) is 0 Å². The summed E-state index contributed by atoms with van der Waals surface area (Å²) >= 11 is 0. The van der Waals surface area contributed by atoms with Crippen LogP contribution in [0.2, 0.25) is 0 Å². The van der Waals surface area contributed by atoms with Crippen molar-refractivity contribution in [3.05, 3.63) is 47.8 Å². The molecule has 2 aliphatic rings. The Bertz CT molecular complexity index is 1180. The molecule has 0 atom stereocenters. The van der Waals surface area contributed by atoms with E-state index in [4.69, 9.17) is 0 Å². The second-order valence-electron chi connectivity index (χ2n) is 8.01. The Morgan fingerprint density at radius 1 is 1.03 bits per heavy atom. The predicted octanol–water partition coefficient (Wildman–Crippen LogP) is 1.18. The van der Waals surface area contributed by atoms with Crippen LogP contribution in [0.3, 0.4) is 0 Å². The minimum Gasteiger partial charge on any atom is -0.347 e. The molecule has 0 bridgehead atoms. The first kappa shape index (κ1) is 22.0. The first-order valence-corrected chi connectivity index (χ1v) is 13.2. The van der Waals surface area contributed by atoms with Crippen molar-refractivity contribution >= 4 is 26.0 Å². The van der Waals surface area contributed by atoms with Gasteiger partial charge in [0.2, 0.25) is 20.0 Å². The summed E-state index contributed by atoms with van der Waals surface area (Å²) < 4.78 is 55.4. The average Bonchev–Trinajstić information content (AvgIpc) is 3.20. The summed E-state index contributed by atoms with van der Waals surface area (Å²) in [4.78, 5) is 12.9. The van der Waals surface area contributed by atoms with Gasteiger partial charge in [0, 0.05) is 38.9 Å². The summed E-state index contributed by atoms with van der Waals surface area (Å²) in [7, 11) is -5.48. The molecule has 1 saturated carbocycles. The topological polar surface area (TPSA) is 118 Å². The van der Waals surface area contributed by atoms with Gasteiger partial charge in [-0.05, 0) is 49.4 Å². The largest absolute Gasteiger partial charge is 0.347 e. The van der Waals surface area contributed by atoms with Gasteiger partial charge in [0.05, 0.1) is 4.90 Å². The minimum absolute atomic E-state index is 0.0356. The molecule has 9 nitrogen and oxygen atoms in total. The van der Waals surface area contributed by atoms with E-state index < -0.39 is 26.0 Å². The molecule has 0 unspecified atom stereocenters. The number of carbonyl (C=O) groups is 1. The minimum atomic E-state index is -3.59. The van der Waals surface area contributed by atoms with Crippen LogP contribution < -0.4 is 10.0 Å². The van der Waals surface area contributed by atoms with E-state index in [1.807, 2.05) is 0 Å². The van der Waals surface area contributed by atoms with Gasteiger partial charge in [-0.2, -0.15) is 4.31 Å². The van der Waals surface area contributed by atoms with E-state index in [1.54, 1.807) is 19.2 Å². The van der Waals surface area contributed by atoms with Crippen LogP contribution in [-0.2, 0) is 33.6 Å². The van der Waals surface area contributed by atoms with Crippen molar-refractivity contribution in [2.45, 2.75) is 48.1 Å². The molecule has 2 heterocycles. The van der Waals surface area contributed by atoms with Crippen molar-refractivity contribution in [1.29, 1.82) is 0 Å². The molecule has 2 N–H and O–H groups in total. The summed E-state index contributed by atoms with van der Waals surface area (Å²) in [5.41, 5.74) is 0.975. The second-order valence-corrected chi connectivity index (χ2v) is 11.7. The zero-order valence-corrected chi connectivity index (χ0v) is 18.9. The Morgan fingerprint density at radius 2 is 1.68 bits per heavy atom. The molecule has 0 radical (unpaired) electrons. The molecule has 1 aliphatic heterocycles. The Hall–Kier alpha value is -2.21. The fourth-order valence-electron chi connectivity index (χ4n) is 3.53. The van der Waals surface area contributed by atoms with Crippen LogP contribution in [-0.4, -0.2) is 50.7 Å². The number of nitrogens with zero attached hydrogens (tertiary/aromatic N) is 2. The zero-order valence-electron chi connectivity index (χ0n) is 17.2. The van der Waals surface area contributed by atoms with Gasteiger partial charge in [-0.25, -0.2) is 21.6 Å². The molecule has 1 aromatic carbocycles. The number of hydrogen-bond donors (Lipinski definition) is 2. The third-order valence-electron chi connectivity index (χ3n) is 5.50.